The van der Waals surface area contributed by atoms with Crippen LogP contribution in [0, 0.1) is 40.9 Å². The Hall–Kier alpha value is -0.970. The maximum absolute atomic E-state index is 8.83. The summed E-state index contributed by atoms with van der Waals surface area (Å²) < 4.78 is 0. The van der Waals surface area contributed by atoms with Crippen LogP contribution in [-0.4, -0.2) is 17.0 Å². The number of nitrogens with zero attached hydrogens (tertiary/aromatic N) is 2. The Morgan fingerprint density at radius 3 is 2.05 bits per heavy atom. The Morgan fingerprint density at radius 1 is 1.05 bits per heavy atom. The second kappa shape index (κ2) is 5.10. The Morgan fingerprint density at radius 2 is 1.60 bits per heavy atom. The molecule has 0 amide bonds. The highest BCUT2D eigenvalue weighted by atomic mass is 15.2. The summed E-state index contributed by atoms with van der Waals surface area (Å²) in [7, 11) is 0. The van der Waals surface area contributed by atoms with Crippen molar-refractivity contribution in [3.63, 3.8) is 0 Å². The summed E-state index contributed by atoms with van der Waals surface area (Å²) >= 11 is 0. The van der Waals surface area contributed by atoms with Gasteiger partial charge >= 0.3 is 0 Å². The molecule has 0 atom stereocenters. The molecule has 0 aromatic heterocycles. The van der Waals surface area contributed by atoms with E-state index in [0.717, 1.165) is 36.1 Å². The summed E-state index contributed by atoms with van der Waals surface area (Å²) in [4.78, 5) is 2.41. The minimum atomic E-state index is 0.113. The molecule has 110 valence electrons. The van der Waals surface area contributed by atoms with Crippen LogP contribution in [0.25, 0.3) is 0 Å². The van der Waals surface area contributed by atoms with E-state index in [9.17, 15) is 0 Å². The van der Waals surface area contributed by atoms with Gasteiger partial charge in [0, 0.05) is 24.4 Å². The Kier molecular flexibility index (Phi) is 3.56. The lowest BCUT2D eigenvalue weighted by Crippen LogP contribution is -2.51. The molecule has 4 aliphatic carbocycles. The molecule has 2 nitrogen and oxygen atoms in total. The van der Waals surface area contributed by atoms with Crippen molar-refractivity contribution in [1.82, 2.24) is 4.90 Å². The third-order valence-corrected chi connectivity index (χ3v) is 6.02. The van der Waals surface area contributed by atoms with Gasteiger partial charge in [-0.3, -0.25) is 0 Å². The topological polar surface area (TPSA) is 27.0 Å². The lowest BCUT2D eigenvalue weighted by molar-refractivity contribution is -0.0514. The Labute approximate surface area is 123 Å². The highest BCUT2D eigenvalue weighted by Gasteiger charge is 2.48. The Bertz CT molecular complexity index is 396. The standard InChI is InChI=1S/C18H28N2/c1-18(2,3)20(6-4-5-19)12-17-15-8-13-7-14(10-15)11-16(17)9-13/h4,6,13-17H,7-12H2,1-3H3/b6-4+. The van der Waals surface area contributed by atoms with E-state index in [0.29, 0.717) is 0 Å². The van der Waals surface area contributed by atoms with E-state index in [2.05, 4.69) is 31.7 Å². The summed E-state index contributed by atoms with van der Waals surface area (Å²) in [6.07, 6.45) is 11.1. The molecule has 4 bridgehead atoms. The van der Waals surface area contributed by atoms with Gasteiger partial charge in [-0.1, -0.05) is 0 Å². The zero-order valence-electron chi connectivity index (χ0n) is 13.2. The smallest absolute Gasteiger partial charge is 0.0927 e. The second-order valence-corrected chi connectivity index (χ2v) is 8.36. The third kappa shape index (κ3) is 2.60. The third-order valence-electron chi connectivity index (χ3n) is 6.02. The molecule has 0 heterocycles. The fourth-order valence-corrected chi connectivity index (χ4v) is 5.24. The van der Waals surface area contributed by atoms with Crippen molar-refractivity contribution in [2.24, 2.45) is 29.6 Å². The lowest BCUT2D eigenvalue weighted by atomic mass is 9.52. The summed E-state index contributed by atoms with van der Waals surface area (Å²) in [6, 6.07) is 2.15. The monoisotopic (exact) mass is 272 g/mol. The van der Waals surface area contributed by atoms with Crippen molar-refractivity contribution >= 4 is 0 Å². The van der Waals surface area contributed by atoms with E-state index >= 15 is 0 Å². The van der Waals surface area contributed by atoms with Gasteiger partial charge in [-0.2, -0.15) is 5.26 Å². The molecule has 0 aromatic carbocycles. The minimum Gasteiger partial charge on any atom is -0.372 e. The number of hydrogen-bond acceptors (Lipinski definition) is 2. The second-order valence-electron chi connectivity index (χ2n) is 8.36. The molecule has 4 aliphatic rings. The van der Waals surface area contributed by atoms with Crippen molar-refractivity contribution in [3.05, 3.63) is 12.3 Å². The first-order chi connectivity index (χ1) is 9.47. The van der Waals surface area contributed by atoms with Crippen LogP contribution < -0.4 is 0 Å². The van der Waals surface area contributed by atoms with E-state index in [1.807, 2.05) is 6.20 Å². The van der Waals surface area contributed by atoms with E-state index in [4.69, 9.17) is 5.26 Å². The van der Waals surface area contributed by atoms with Crippen molar-refractivity contribution in [1.29, 1.82) is 5.26 Å². The molecule has 0 aromatic rings. The normalized spacial score (nSPS) is 39.2. The first kappa shape index (κ1) is 14.0. The molecular weight excluding hydrogens is 244 g/mol. The summed E-state index contributed by atoms with van der Waals surface area (Å²) in [5.74, 6) is 4.89. The number of nitriles is 1. The van der Waals surface area contributed by atoms with Crippen molar-refractivity contribution in [2.45, 2.75) is 58.4 Å². The van der Waals surface area contributed by atoms with Gasteiger partial charge in [0.2, 0.25) is 0 Å². The molecule has 0 spiro atoms. The van der Waals surface area contributed by atoms with Gasteiger partial charge in [0.25, 0.3) is 0 Å². The van der Waals surface area contributed by atoms with Gasteiger partial charge in [0.15, 0.2) is 0 Å². The molecule has 0 radical (unpaired) electrons. The van der Waals surface area contributed by atoms with Crippen LogP contribution in [-0.2, 0) is 0 Å². The fourth-order valence-electron chi connectivity index (χ4n) is 5.24. The van der Waals surface area contributed by atoms with Crippen LogP contribution in [0.4, 0.5) is 0 Å². The quantitative estimate of drug-likeness (QED) is 0.720. The van der Waals surface area contributed by atoms with Crippen LogP contribution >= 0.6 is 0 Å². The SMILES string of the molecule is CC(C)(C)N(/C=C/C#N)CC1C2CC3CC(C2)CC1C3. The lowest BCUT2D eigenvalue weighted by Gasteiger charge is -2.56. The van der Waals surface area contributed by atoms with Crippen molar-refractivity contribution in [3.8, 4) is 6.07 Å². The number of rotatable bonds is 3. The minimum absolute atomic E-state index is 0.113. The molecule has 20 heavy (non-hydrogen) atoms. The first-order valence-electron chi connectivity index (χ1n) is 8.30. The van der Waals surface area contributed by atoms with Gasteiger partial charge < -0.3 is 4.90 Å². The van der Waals surface area contributed by atoms with E-state index < -0.39 is 0 Å². The average Bonchev–Trinajstić information content (AvgIpc) is 2.34. The highest BCUT2D eigenvalue weighted by Crippen LogP contribution is 2.56. The molecule has 0 N–H and O–H groups in total. The molecule has 4 fully saturated rings. The van der Waals surface area contributed by atoms with Crippen LogP contribution in [0.5, 0.6) is 0 Å². The fraction of sp³-hybridized carbons (Fsp3) is 0.833. The molecule has 0 unspecified atom stereocenters. The predicted molar refractivity (Wildman–Crippen MR) is 81.7 cm³/mol. The maximum Gasteiger partial charge on any atom is 0.0927 e. The zero-order chi connectivity index (χ0) is 14.3. The maximum atomic E-state index is 8.83. The van der Waals surface area contributed by atoms with E-state index in [1.54, 1.807) is 6.08 Å². The summed E-state index contributed by atoms with van der Waals surface area (Å²) in [6.45, 7) is 7.91. The van der Waals surface area contributed by atoms with Crippen LogP contribution in [0.15, 0.2) is 12.3 Å². The van der Waals surface area contributed by atoms with Crippen LogP contribution in [0.1, 0.15) is 52.9 Å². The van der Waals surface area contributed by atoms with Gasteiger partial charge in [0.05, 0.1) is 6.07 Å². The number of hydrogen-bond donors (Lipinski definition) is 0. The molecular formula is C18H28N2. The molecule has 0 aliphatic heterocycles. The molecule has 0 saturated heterocycles. The molecule has 2 heteroatoms. The van der Waals surface area contributed by atoms with Gasteiger partial charge in [-0.25, -0.2) is 0 Å². The van der Waals surface area contributed by atoms with Gasteiger partial charge in [-0.15, -0.1) is 0 Å². The largest absolute Gasteiger partial charge is 0.372 e. The first-order valence-corrected chi connectivity index (χ1v) is 8.30. The van der Waals surface area contributed by atoms with Crippen LogP contribution in [0.2, 0.25) is 0 Å². The Balaban J connectivity index is 1.72. The van der Waals surface area contributed by atoms with E-state index in [1.165, 1.54) is 32.1 Å². The van der Waals surface area contributed by atoms with Crippen molar-refractivity contribution in [2.75, 3.05) is 6.54 Å². The van der Waals surface area contributed by atoms with Gasteiger partial charge in [-0.05, 0) is 82.5 Å². The molecule has 4 rings (SSSR count). The summed E-state index contributed by atoms with van der Waals surface area (Å²) in [5, 5.41) is 8.83. The number of allylic oxidation sites excluding steroid dienone is 1. The van der Waals surface area contributed by atoms with Gasteiger partial charge in [0.1, 0.15) is 0 Å². The molecule has 4 saturated carbocycles. The van der Waals surface area contributed by atoms with Crippen molar-refractivity contribution < 1.29 is 0 Å². The zero-order valence-corrected chi connectivity index (χ0v) is 13.2. The average molecular weight is 272 g/mol. The predicted octanol–water partition coefficient (Wildman–Crippen LogP) is 4.20. The van der Waals surface area contributed by atoms with Crippen LogP contribution in [0.3, 0.4) is 0 Å². The highest BCUT2D eigenvalue weighted by molar-refractivity contribution is 5.05. The van der Waals surface area contributed by atoms with E-state index in [-0.39, 0.29) is 5.54 Å². The summed E-state index contributed by atoms with van der Waals surface area (Å²) in [5.41, 5.74) is 0.113.